The van der Waals surface area contributed by atoms with Gasteiger partial charge < -0.3 is 10.2 Å². The van der Waals surface area contributed by atoms with Crippen LogP contribution in [0.15, 0.2) is 41.3 Å². The van der Waals surface area contributed by atoms with Gasteiger partial charge >= 0.3 is 0 Å². The number of hydrogen-bond donors (Lipinski definition) is 1. The summed E-state index contributed by atoms with van der Waals surface area (Å²) in [5, 5.41) is 2.84. The molecule has 2 aromatic heterocycles. The van der Waals surface area contributed by atoms with Gasteiger partial charge in [0.15, 0.2) is 5.82 Å². The number of nitrogens with one attached hydrogen (secondary N) is 1. The third kappa shape index (κ3) is 3.08. The molecule has 5 nitrogen and oxygen atoms in total. The van der Waals surface area contributed by atoms with Crippen molar-refractivity contribution in [3.63, 3.8) is 0 Å². The van der Waals surface area contributed by atoms with Gasteiger partial charge in [-0.2, -0.15) is 0 Å². The van der Waals surface area contributed by atoms with Crippen molar-refractivity contribution in [1.29, 1.82) is 0 Å². The fourth-order valence-electron chi connectivity index (χ4n) is 1.60. The van der Waals surface area contributed by atoms with E-state index in [9.17, 15) is 4.79 Å². The molecule has 2 heterocycles. The van der Waals surface area contributed by atoms with Gasteiger partial charge in [-0.25, -0.2) is 9.97 Å². The van der Waals surface area contributed by atoms with E-state index in [-0.39, 0.29) is 5.91 Å². The van der Waals surface area contributed by atoms with Crippen molar-refractivity contribution in [3.8, 4) is 0 Å². The second-order valence-electron chi connectivity index (χ2n) is 4.06. The van der Waals surface area contributed by atoms with E-state index in [1.165, 1.54) is 0 Å². The normalized spacial score (nSPS) is 10.1. The maximum Gasteiger partial charge on any atom is 0.258 e. The van der Waals surface area contributed by atoms with Crippen LogP contribution in [0.3, 0.4) is 0 Å². The number of carbonyl (C=O) groups excluding carboxylic acids is 1. The molecule has 0 bridgehead atoms. The van der Waals surface area contributed by atoms with Crippen molar-refractivity contribution in [2.75, 3.05) is 24.3 Å². The van der Waals surface area contributed by atoms with E-state index in [4.69, 9.17) is 0 Å². The summed E-state index contributed by atoms with van der Waals surface area (Å²) in [5.74, 6) is 0.479. The van der Waals surface area contributed by atoms with E-state index in [2.05, 4.69) is 31.2 Å². The number of aromatic nitrogens is 2. The van der Waals surface area contributed by atoms with E-state index in [0.717, 1.165) is 0 Å². The Morgan fingerprint density at radius 2 is 1.89 bits per heavy atom. The molecule has 0 saturated carbocycles. The number of anilines is 2. The number of halogens is 1. The molecule has 19 heavy (non-hydrogen) atoms. The van der Waals surface area contributed by atoms with Crippen molar-refractivity contribution in [2.45, 2.75) is 0 Å². The molecule has 6 heteroatoms. The van der Waals surface area contributed by atoms with Crippen LogP contribution >= 0.6 is 15.9 Å². The Bertz CT molecular complexity index is 601. The number of rotatable bonds is 3. The van der Waals surface area contributed by atoms with Crippen LogP contribution in [0.1, 0.15) is 10.4 Å². The average molecular weight is 321 g/mol. The lowest BCUT2D eigenvalue weighted by atomic mass is 10.2. The predicted octanol–water partition coefficient (Wildman–Crippen LogP) is 2.56. The Morgan fingerprint density at radius 3 is 2.58 bits per heavy atom. The van der Waals surface area contributed by atoms with Crippen LogP contribution in [0.5, 0.6) is 0 Å². The van der Waals surface area contributed by atoms with Crippen LogP contribution in [0.25, 0.3) is 0 Å². The standard InChI is InChI=1S/C13H13BrN4O/c1-18(2)12-10(6-4-8-16-12)17-13(19)9-5-3-7-15-11(9)14/h3-8H,1-2H3,(H,17,19). The lowest BCUT2D eigenvalue weighted by Crippen LogP contribution is -2.18. The Kier molecular flexibility index (Phi) is 4.11. The van der Waals surface area contributed by atoms with Crippen molar-refractivity contribution < 1.29 is 4.79 Å². The first-order chi connectivity index (χ1) is 9.09. The summed E-state index contributed by atoms with van der Waals surface area (Å²) in [7, 11) is 3.75. The van der Waals surface area contributed by atoms with Crippen molar-refractivity contribution in [2.24, 2.45) is 0 Å². The highest BCUT2D eigenvalue weighted by Crippen LogP contribution is 2.22. The number of nitrogens with zero attached hydrogens (tertiary/aromatic N) is 3. The number of hydrogen-bond acceptors (Lipinski definition) is 4. The Hall–Kier alpha value is -1.95. The number of pyridine rings is 2. The quantitative estimate of drug-likeness (QED) is 0.883. The molecular formula is C13H13BrN4O. The van der Waals surface area contributed by atoms with Crippen LogP contribution < -0.4 is 10.2 Å². The van der Waals surface area contributed by atoms with Crippen molar-refractivity contribution >= 4 is 33.3 Å². The molecule has 1 amide bonds. The molecule has 98 valence electrons. The predicted molar refractivity (Wildman–Crippen MR) is 78.5 cm³/mol. The van der Waals surface area contributed by atoms with Gasteiger partial charge in [0, 0.05) is 26.5 Å². The third-order valence-electron chi connectivity index (χ3n) is 2.46. The molecular weight excluding hydrogens is 308 g/mol. The van der Waals surface area contributed by atoms with Gasteiger partial charge in [-0.1, -0.05) is 0 Å². The first-order valence-electron chi connectivity index (χ1n) is 5.64. The number of amides is 1. The molecule has 0 unspecified atom stereocenters. The minimum atomic E-state index is -0.226. The number of carbonyl (C=O) groups is 1. The summed E-state index contributed by atoms with van der Waals surface area (Å²) in [6.45, 7) is 0. The van der Waals surface area contributed by atoms with E-state index < -0.39 is 0 Å². The van der Waals surface area contributed by atoms with Gasteiger partial charge in [0.25, 0.3) is 5.91 Å². The second kappa shape index (κ2) is 5.79. The van der Waals surface area contributed by atoms with E-state index in [1.807, 2.05) is 25.1 Å². The minimum Gasteiger partial charge on any atom is -0.361 e. The summed E-state index contributed by atoms with van der Waals surface area (Å²) >= 11 is 3.26. The lowest BCUT2D eigenvalue weighted by Gasteiger charge is -2.16. The molecule has 0 aliphatic heterocycles. The van der Waals surface area contributed by atoms with Gasteiger partial charge in [0.1, 0.15) is 4.60 Å². The van der Waals surface area contributed by atoms with Gasteiger partial charge in [0.05, 0.1) is 11.3 Å². The van der Waals surface area contributed by atoms with Crippen LogP contribution in [0, 0.1) is 0 Å². The highest BCUT2D eigenvalue weighted by molar-refractivity contribution is 9.10. The van der Waals surface area contributed by atoms with Crippen LogP contribution in [-0.4, -0.2) is 30.0 Å². The van der Waals surface area contributed by atoms with Crippen LogP contribution in [-0.2, 0) is 0 Å². The topological polar surface area (TPSA) is 58.1 Å². The zero-order valence-electron chi connectivity index (χ0n) is 10.6. The van der Waals surface area contributed by atoms with E-state index in [0.29, 0.717) is 21.7 Å². The summed E-state index contributed by atoms with van der Waals surface area (Å²) < 4.78 is 0.516. The summed E-state index contributed by atoms with van der Waals surface area (Å²) in [6, 6.07) is 7.01. The average Bonchev–Trinajstić information content (AvgIpc) is 2.39. The Balaban J connectivity index is 2.27. The molecule has 0 aliphatic carbocycles. The molecule has 0 atom stereocenters. The second-order valence-corrected chi connectivity index (χ2v) is 4.82. The van der Waals surface area contributed by atoms with Crippen LogP contribution in [0.4, 0.5) is 11.5 Å². The zero-order valence-corrected chi connectivity index (χ0v) is 12.2. The van der Waals surface area contributed by atoms with Gasteiger partial charge in [-0.05, 0) is 40.2 Å². The van der Waals surface area contributed by atoms with Gasteiger partial charge in [0.2, 0.25) is 0 Å². The minimum absolute atomic E-state index is 0.226. The summed E-state index contributed by atoms with van der Waals surface area (Å²) in [5.41, 5.74) is 1.14. The third-order valence-corrected chi connectivity index (χ3v) is 3.09. The molecule has 0 saturated heterocycles. The van der Waals surface area contributed by atoms with E-state index >= 15 is 0 Å². The molecule has 0 aromatic carbocycles. The molecule has 2 aromatic rings. The highest BCUT2D eigenvalue weighted by Gasteiger charge is 2.13. The maximum atomic E-state index is 12.2. The van der Waals surface area contributed by atoms with E-state index in [1.54, 1.807) is 30.6 Å². The zero-order chi connectivity index (χ0) is 13.8. The molecule has 0 aliphatic rings. The first-order valence-corrected chi connectivity index (χ1v) is 6.43. The molecule has 0 fully saturated rings. The first kappa shape index (κ1) is 13.5. The fourth-order valence-corrected chi connectivity index (χ4v) is 2.03. The van der Waals surface area contributed by atoms with Gasteiger partial charge in [-0.3, -0.25) is 4.79 Å². The SMILES string of the molecule is CN(C)c1ncccc1NC(=O)c1cccnc1Br. The smallest absolute Gasteiger partial charge is 0.258 e. The Morgan fingerprint density at radius 1 is 1.21 bits per heavy atom. The molecule has 0 radical (unpaired) electrons. The summed E-state index contributed by atoms with van der Waals surface area (Å²) in [4.78, 5) is 22.3. The molecule has 2 rings (SSSR count). The molecule has 0 spiro atoms. The molecule has 1 N–H and O–H groups in total. The summed E-state index contributed by atoms with van der Waals surface area (Å²) in [6.07, 6.45) is 3.31. The maximum absolute atomic E-state index is 12.2. The highest BCUT2D eigenvalue weighted by atomic mass is 79.9. The fraction of sp³-hybridized carbons (Fsp3) is 0.154. The monoisotopic (exact) mass is 320 g/mol. The van der Waals surface area contributed by atoms with Crippen LogP contribution in [0.2, 0.25) is 0 Å². The lowest BCUT2D eigenvalue weighted by molar-refractivity contribution is 0.102. The largest absolute Gasteiger partial charge is 0.361 e. The van der Waals surface area contributed by atoms with Gasteiger partial charge in [-0.15, -0.1) is 0 Å². The Labute approximate surface area is 119 Å². The van der Waals surface area contributed by atoms with Crippen molar-refractivity contribution in [3.05, 3.63) is 46.8 Å². The van der Waals surface area contributed by atoms with Crippen molar-refractivity contribution in [1.82, 2.24) is 9.97 Å².